The molecule has 0 aliphatic carbocycles. The van der Waals surface area contributed by atoms with Crippen LogP contribution in [0.2, 0.25) is 0 Å². The predicted molar refractivity (Wildman–Crippen MR) is 162 cm³/mol. The molecule has 1 saturated heterocycles. The van der Waals surface area contributed by atoms with Crippen LogP contribution in [0, 0.1) is 11.8 Å². The fraction of sp³-hybridized carbons (Fsp3) is 0.394. The summed E-state index contributed by atoms with van der Waals surface area (Å²) in [5.41, 5.74) is 1.74. The van der Waals surface area contributed by atoms with Crippen molar-refractivity contribution < 1.29 is 23.9 Å². The van der Waals surface area contributed by atoms with Gasteiger partial charge in [-0.3, -0.25) is 19.2 Å². The first-order chi connectivity index (χ1) is 20.2. The van der Waals surface area contributed by atoms with Crippen LogP contribution in [0.25, 0.3) is 12.2 Å². The van der Waals surface area contributed by atoms with E-state index in [1.165, 1.54) is 11.0 Å². The van der Waals surface area contributed by atoms with Crippen molar-refractivity contribution in [3.05, 3.63) is 78.0 Å². The van der Waals surface area contributed by atoms with E-state index in [2.05, 4.69) is 16.0 Å². The van der Waals surface area contributed by atoms with Crippen LogP contribution in [-0.4, -0.2) is 59.3 Å². The van der Waals surface area contributed by atoms with Gasteiger partial charge in [-0.15, -0.1) is 0 Å². The number of carbonyl (C=O) groups excluding carboxylic acids is 4. The maximum absolute atomic E-state index is 14.0. The summed E-state index contributed by atoms with van der Waals surface area (Å²) in [6.07, 6.45) is 6.85. The summed E-state index contributed by atoms with van der Waals surface area (Å²) in [7, 11) is 0. The zero-order chi connectivity index (χ0) is 30.2. The molecule has 2 aromatic rings. The monoisotopic (exact) mass is 572 g/mol. The highest BCUT2D eigenvalue weighted by atomic mass is 16.5. The molecule has 222 valence electrons. The molecule has 0 radical (unpaired) electrons. The first-order valence-corrected chi connectivity index (χ1v) is 14.6. The third kappa shape index (κ3) is 7.46. The molecule has 2 bridgehead atoms. The van der Waals surface area contributed by atoms with Gasteiger partial charge in [0, 0.05) is 25.2 Å². The van der Waals surface area contributed by atoms with Crippen LogP contribution in [0.3, 0.4) is 0 Å². The smallest absolute Gasteiger partial charge is 0.247 e. The van der Waals surface area contributed by atoms with Gasteiger partial charge in [-0.25, -0.2) is 0 Å². The summed E-state index contributed by atoms with van der Waals surface area (Å²) < 4.78 is 6.27. The van der Waals surface area contributed by atoms with Gasteiger partial charge in [0.05, 0.1) is 0 Å². The Kier molecular flexibility index (Phi) is 10.2. The minimum atomic E-state index is -0.993. The van der Waals surface area contributed by atoms with Crippen LogP contribution >= 0.6 is 0 Å². The van der Waals surface area contributed by atoms with E-state index in [9.17, 15) is 19.2 Å². The van der Waals surface area contributed by atoms with Crippen molar-refractivity contribution in [1.82, 2.24) is 20.9 Å². The van der Waals surface area contributed by atoms with Crippen LogP contribution < -0.4 is 20.7 Å². The van der Waals surface area contributed by atoms with Gasteiger partial charge in [-0.2, -0.15) is 0 Å². The molecule has 2 aromatic carbocycles. The molecule has 3 heterocycles. The van der Waals surface area contributed by atoms with Gasteiger partial charge in [-0.05, 0) is 47.2 Å². The zero-order valence-corrected chi connectivity index (χ0v) is 24.6. The van der Waals surface area contributed by atoms with Gasteiger partial charge in [0.2, 0.25) is 23.6 Å². The average molecular weight is 573 g/mol. The Morgan fingerprint density at radius 2 is 1.76 bits per heavy atom. The fourth-order valence-corrected chi connectivity index (χ4v) is 5.16. The number of nitrogens with zero attached hydrogens (tertiary/aromatic N) is 1. The van der Waals surface area contributed by atoms with Gasteiger partial charge in [0.25, 0.3) is 0 Å². The molecular weight excluding hydrogens is 532 g/mol. The first-order valence-electron chi connectivity index (χ1n) is 14.6. The second-order valence-electron chi connectivity index (χ2n) is 11.2. The lowest BCUT2D eigenvalue weighted by atomic mass is 9.97. The van der Waals surface area contributed by atoms with E-state index in [0.29, 0.717) is 18.6 Å². The van der Waals surface area contributed by atoms with Crippen LogP contribution in [0.4, 0.5) is 0 Å². The number of benzene rings is 2. The Morgan fingerprint density at radius 1 is 1.05 bits per heavy atom. The second kappa shape index (κ2) is 14.0. The Labute approximate surface area is 247 Å². The molecule has 1 unspecified atom stereocenters. The van der Waals surface area contributed by atoms with Crippen molar-refractivity contribution in [3.63, 3.8) is 0 Å². The van der Waals surface area contributed by atoms with Gasteiger partial charge in [-0.1, -0.05) is 76.6 Å². The van der Waals surface area contributed by atoms with Crippen molar-refractivity contribution in [2.75, 3.05) is 6.54 Å². The Bertz CT molecular complexity index is 1320. The highest BCUT2D eigenvalue weighted by Crippen LogP contribution is 2.27. The lowest BCUT2D eigenvalue weighted by molar-refractivity contribution is -0.144. The normalized spacial score (nSPS) is 22.9. The van der Waals surface area contributed by atoms with Crippen LogP contribution in [0.1, 0.15) is 51.7 Å². The lowest BCUT2D eigenvalue weighted by Gasteiger charge is -2.33. The summed E-state index contributed by atoms with van der Waals surface area (Å²) in [6, 6.07) is 14.0. The molecule has 3 aliphatic rings. The number of ether oxygens (including phenoxy) is 1. The van der Waals surface area contributed by atoms with Crippen molar-refractivity contribution in [2.45, 2.75) is 64.8 Å². The number of hydrogen-bond donors (Lipinski definition) is 3. The van der Waals surface area contributed by atoms with E-state index in [0.717, 1.165) is 11.1 Å². The van der Waals surface area contributed by atoms with Gasteiger partial charge >= 0.3 is 0 Å². The number of nitrogens with one attached hydrogen (secondary N) is 3. The summed E-state index contributed by atoms with van der Waals surface area (Å²) in [5.74, 6) is -1.42. The largest absolute Gasteiger partial charge is 0.488 e. The van der Waals surface area contributed by atoms with E-state index < -0.39 is 36.0 Å². The molecule has 3 aliphatic heterocycles. The van der Waals surface area contributed by atoms with Gasteiger partial charge in [0.15, 0.2) is 0 Å². The summed E-state index contributed by atoms with van der Waals surface area (Å²) >= 11 is 0. The molecule has 0 spiro atoms. The topological polar surface area (TPSA) is 117 Å². The summed E-state index contributed by atoms with van der Waals surface area (Å²) in [4.78, 5) is 55.4. The minimum Gasteiger partial charge on any atom is -0.488 e. The number of likely N-dealkylation sites (tertiary alicyclic amines) is 1. The zero-order valence-electron chi connectivity index (χ0n) is 24.6. The first kappa shape index (κ1) is 30.6. The van der Waals surface area contributed by atoms with Crippen molar-refractivity contribution in [1.29, 1.82) is 0 Å². The Morgan fingerprint density at radius 3 is 2.43 bits per heavy atom. The lowest BCUT2D eigenvalue weighted by Crippen LogP contribution is -2.60. The molecule has 9 heteroatoms. The van der Waals surface area contributed by atoms with E-state index in [4.69, 9.17) is 4.74 Å². The SMILES string of the molecule is CC[C@H](C)[C@@H]1NC(=O)[C@@H]2[C@H](CCN2C(=O)C(NC(=O)/C=C/c2ccccc2)C(C)C)Oc2ccc(cc2)/C=C\NC1=O. The van der Waals surface area contributed by atoms with E-state index in [1.54, 1.807) is 30.5 Å². The van der Waals surface area contributed by atoms with Crippen molar-refractivity contribution >= 4 is 35.8 Å². The third-order valence-electron chi connectivity index (χ3n) is 7.81. The standard InChI is InChI=1S/C33H40N4O5/c1-5-22(4)29-31(39)34-19-17-24-11-14-25(15-12-24)42-26-18-20-37(30(26)32(40)36-29)33(41)28(21(2)3)35-27(38)16-13-23-9-7-6-8-10-23/h6-17,19,21-22,26,28-30H,5,18,20H2,1-4H3,(H,34,39)(H,35,38)(H,36,40)/b16-13+,19-17-/t22-,26-,28?,29-,30-/m0/s1. The van der Waals surface area contributed by atoms with Crippen LogP contribution in [0.15, 0.2) is 66.9 Å². The maximum atomic E-state index is 14.0. The number of rotatable bonds is 7. The van der Waals surface area contributed by atoms with Crippen molar-refractivity contribution in [3.8, 4) is 5.75 Å². The highest BCUT2D eigenvalue weighted by Gasteiger charge is 2.46. The molecule has 5 atom stereocenters. The third-order valence-corrected chi connectivity index (χ3v) is 7.81. The van der Waals surface area contributed by atoms with Gasteiger partial charge < -0.3 is 25.6 Å². The van der Waals surface area contributed by atoms with E-state index in [-0.39, 0.29) is 30.2 Å². The second-order valence-corrected chi connectivity index (χ2v) is 11.2. The molecule has 5 rings (SSSR count). The summed E-state index contributed by atoms with van der Waals surface area (Å²) in [5, 5.41) is 8.53. The quantitative estimate of drug-likeness (QED) is 0.439. The number of hydrogen-bond acceptors (Lipinski definition) is 5. The van der Waals surface area contributed by atoms with Crippen LogP contribution in [0.5, 0.6) is 5.75 Å². The Balaban J connectivity index is 1.61. The number of fused-ring (bicyclic) bond motifs is 7. The molecule has 9 nitrogen and oxygen atoms in total. The minimum absolute atomic E-state index is 0.155. The maximum Gasteiger partial charge on any atom is 0.247 e. The van der Waals surface area contributed by atoms with E-state index in [1.807, 2.05) is 70.2 Å². The van der Waals surface area contributed by atoms with Crippen molar-refractivity contribution in [2.24, 2.45) is 11.8 Å². The molecule has 4 amide bonds. The Hall–Kier alpha value is -4.40. The molecule has 0 aromatic heterocycles. The molecule has 1 fully saturated rings. The molecule has 0 saturated carbocycles. The molecule has 42 heavy (non-hydrogen) atoms. The number of carbonyl (C=O) groups is 4. The molecular formula is C33H40N4O5. The van der Waals surface area contributed by atoms with Gasteiger partial charge in [0.1, 0.15) is 30.0 Å². The van der Waals surface area contributed by atoms with E-state index >= 15 is 0 Å². The number of amides is 4. The van der Waals surface area contributed by atoms with Crippen LogP contribution in [-0.2, 0) is 19.2 Å². The fourth-order valence-electron chi connectivity index (χ4n) is 5.16. The predicted octanol–water partition coefficient (Wildman–Crippen LogP) is 3.52. The highest BCUT2D eigenvalue weighted by molar-refractivity contribution is 5.98. The average Bonchev–Trinajstić information content (AvgIpc) is 3.41. The molecule has 3 N–H and O–H groups in total. The summed E-state index contributed by atoms with van der Waals surface area (Å²) in [6.45, 7) is 7.81.